The number of carbonyl (C=O) groups excluding carboxylic acids is 2. The molecule has 2 aromatic rings. The van der Waals surface area contributed by atoms with E-state index < -0.39 is 15.9 Å². The van der Waals surface area contributed by atoms with E-state index in [1.165, 1.54) is 28.6 Å². The van der Waals surface area contributed by atoms with Crippen LogP contribution in [0, 0.1) is 0 Å². The van der Waals surface area contributed by atoms with E-state index in [0.29, 0.717) is 24.3 Å². The minimum atomic E-state index is -3.50. The number of amides is 2. The lowest BCUT2D eigenvalue weighted by molar-refractivity contribution is -0.115. The zero-order valence-electron chi connectivity index (χ0n) is 14.7. The topological polar surface area (TPSA) is 95.6 Å². The van der Waals surface area contributed by atoms with E-state index in [9.17, 15) is 18.0 Å². The van der Waals surface area contributed by atoms with Gasteiger partial charge in [0.25, 0.3) is 5.91 Å². The molecule has 0 radical (unpaired) electrons. The first-order valence-electron chi connectivity index (χ1n) is 8.70. The van der Waals surface area contributed by atoms with Gasteiger partial charge in [-0.3, -0.25) is 9.59 Å². The van der Waals surface area contributed by atoms with Gasteiger partial charge in [0.2, 0.25) is 15.9 Å². The Labute approximate surface area is 158 Å². The van der Waals surface area contributed by atoms with Gasteiger partial charge in [0, 0.05) is 24.3 Å². The molecule has 1 aliphatic heterocycles. The Hall–Kier alpha value is -2.71. The maximum absolute atomic E-state index is 12.5. The van der Waals surface area contributed by atoms with Crippen LogP contribution in [-0.4, -0.2) is 44.2 Å². The Kier molecular flexibility index (Phi) is 5.88. The molecule has 8 heteroatoms. The van der Waals surface area contributed by atoms with Crippen LogP contribution in [-0.2, 0) is 14.8 Å². The van der Waals surface area contributed by atoms with Crippen LogP contribution < -0.4 is 10.6 Å². The number of para-hydroxylation sites is 1. The average molecular weight is 387 g/mol. The molecular weight excluding hydrogens is 366 g/mol. The molecular formula is C19H21N3O4S. The number of rotatable bonds is 6. The number of anilines is 1. The van der Waals surface area contributed by atoms with Crippen molar-refractivity contribution in [3.05, 3.63) is 60.2 Å². The molecule has 0 aromatic heterocycles. The maximum Gasteiger partial charge on any atom is 0.251 e. The van der Waals surface area contributed by atoms with E-state index in [0.717, 1.165) is 12.8 Å². The molecule has 0 atom stereocenters. The smallest absolute Gasteiger partial charge is 0.251 e. The summed E-state index contributed by atoms with van der Waals surface area (Å²) in [5.41, 5.74) is 0.941. The summed E-state index contributed by atoms with van der Waals surface area (Å²) in [5, 5.41) is 5.19. The van der Waals surface area contributed by atoms with E-state index in [1.807, 2.05) is 6.07 Å². The van der Waals surface area contributed by atoms with Crippen molar-refractivity contribution in [3.63, 3.8) is 0 Å². The highest BCUT2D eigenvalue weighted by molar-refractivity contribution is 7.89. The van der Waals surface area contributed by atoms with Crippen molar-refractivity contribution in [1.82, 2.24) is 9.62 Å². The van der Waals surface area contributed by atoms with Crippen LogP contribution in [0.1, 0.15) is 23.2 Å². The Bertz CT molecular complexity index is 906. The summed E-state index contributed by atoms with van der Waals surface area (Å²) in [7, 11) is -3.50. The first kappa shape index (κ1) is 19.1. The molecule has 0 aliphatic carbocycles. The standard InChI is InChI=1S/C19H21N3O4S/c23-18(21-16-6-2-1-3-7-16)14-20-19(24)15-8-10-17(11-9-15)27(25,26)22-12-4-5-13-22/h1-3,6-11H,4-5,12-14H2,(H,20,24)(H,21,23). The van der Waals surface area contributed by atoms with Gasteiger partial charge in [-0.1, -0.05) is 18.2 Å². The van der Waals surface area contributed by atoms with Gasteiger partial charge in [0.1, 0.15) is 0 Å². The Morgan fingerprint density at radius 1 is 0.926 bits per heavy atom. The lowest BCUT2D eigenvalue weighted by Crippen LogP contribution is -2.33. The van der Waals surface area contributed by atoms with Gasteiger partial charge in [-0.25, -0.2) is 8.42 Å². The molecule has 2 aromatic carbocycles. The van der Waals surface area contributed by atoms with Crippen molar-refractivity contribution >= 4 is 27.5 Å². The fraction of sp³-hybridized carbons (Fsp3) is 0.263. The van der Waals surface area contributed by atoms with Crippen molar-refractivity contribution in [3.8, 4) is 0 Å². The molecule has 0 unspecified atom stereocenters. The van der Waals surface area contributed by atoms with Gasteiger partial charge in [-0.05, 0) is 49.2 Å². The zero-order chi connectivity index (χ0) is 19.3. The van der Waals surface area contributed by atoms with Crippen molar-refractivity contribution in [1.29, 1.82) is 0 Å². The molecule has 0 bridgehead atoms. The van der Waals surface area contributed by atoms with Crippen molar-refractivity contribution in [2.24, 2.45) is 0 Å². The van der Waals surface area contributed by atoms with Gasteiger partial charge in [-0.2, -0.15) is 4.31 Å². The second-order valence-electron chi connectivity index (χ2n) is 6.23. The fourth-order valence-electron chi connectivity index (χ4n) is 2.85. The van der Waals surface area contributed by atoms with Crippen molar-refractivity contribution < 1.29 is 18.0 Å². The Balaban J connectivity index is 1.56. The Morgan fingerprint density at radius 3 is 2.19 bits per heavy atom. The summed E-state index contributed by atoms with van der Waals surface area (Å²) in [6.07, 6.45) is 1.73. The summed E-state index contributed by atoms with van der Waals surface area (Å²) >= 11 is 0. The third kappa shape index (κ3) is 4.72. The molecule has 0 spiro atoms. The highest BCUT2D eigenvalue weighted by Gasteiger charge is 2.27. The third-order valence-corrected chi connectivity index (χ3v) is 6.20. The molecule has 0 saturated carbocycles. The van der Waals surface area contributed by atoms with Crippen molar-refractivity contribution in [2.45, 2.75) is 17.7 Å². The van der Waals surface area contributed by atoms with Crippen LogP contribution in [0.5, 0.6) is 0 Å². The molecule has 27 heavy (non-hydrogen) atoms. The number of hydrogen-bond donors (Lipinski definition) is 2. The largest absolute Gasteiger partial charge is 0.343 e. The molecule has 3 rings (SSSR count). The van der Waals surface area contributed by atoms with E-state index >= 15 is 0 Å². The number of benzene rings is 2. The first-order chi connectivity index (χ1) is 13.0. The number of nitrogens with zero attached hydrogens (tertiary/aromatic N) is 1. The quantitative estimate of drug-likeness (QED) is 0.791. The second-order valence-corrected chi connectivity index (χ2v) is 8.17. The van der Waals surface area contributed by atoms with Gasteiger partial charge < -0.3 is 10.6 Å². The predicted octanol–water partition coefficient (Wildman–Crippen LogP) is 1.84. The third-order valence-electron chi connectivity index (χ3n) is 4.29. The predicted molar refractivity (Wildman–Crippen MR) is 102 cm³/mol. The molecule has 2 amide bonds. The van der Waals surface area contributed by atoms with Crippen molar-refractivity contribution in [2.75, 3.05) is 25.0 Å². The molecule has 1 saturated heterocycles. The minimum Gasteiger partial charge on any atom is -0.343 e. The SMILES string of the molecule is O=C(CNC(=O)c1ccc(S(=O)(=O)N2CCCC2)cc1)Nc1ccccc1. The summed E-state index contributed by atoms with van der Waals surface area (Å²) < 4.78 is 26.4. The zero-order valence-corrected chi connectivity index (χ0v) is 15.5. The molecule has 142 valence electrons. The van der Waals surface area contributed by atoms with Gasteiger partial charge in [0.15, 0.2) is 0 Å². The fourth-order valence-corrected chi connectivity index (χ4v) is 4.36. The summed E-state index contributed by atoms with van der Waals surface area (Å²) in [6, 6.07) is 14.7. The maximum atomic E-state index is 12.5. The molecule has 7 nitrogen and oxygen atoms in total. The second kappa shape index (κ2) is 8.32. The van der Waals surface area contributed by atoms with Crippen LogP contribution >= 0.6 is 0 Å². The van der Waals surface area contributed by atoms with Crippen LogP contribution in [0.2, 0.25) is 0 Å². The van der Waals surface area contributed by atoms with E-state index in [2.05, 4.69) is 10.6 Å². The van der Waals surface area contributed by atoms with Crippen LogP contribution in [0.3, 0.4) is 0 Å². The Morgan fingerprint density at radius 2 is 1.56 bits per heavy atom. The molecule has 2 N–H and O–H groups in total. The van der Waals surface area contributed by atoms with Crippen LogP contribution in [0.25, 0.3) is 0 Å². The number of carbonyl (C=O) groups is 2. The normalized spacial score (nSPS) is 14.7. The average Bonchev–Trinajstić information content (AvgIpc) is 3.23. The van der Waals surface area contributed by atoms with Gasteiger partial charge in [-0.15, -0.1) is 0 Å². The van der Waals surface area contributed by atoms with E-state index in [4.69, 9.17) is 0 Å². The van der Waals surface area contributed by atoms with Crippen LogP contribution in [0.4, 0.5) is 5.69 Å². The molecule has 1 aliphatic rings. The van der Waals surface area contributed by atoms with E-state index in [1.54, 1.807) is 24.3 Å². The summed E-state index contributed by atoms with van der Waals surface area (Å²) in [5.74, 6) is -0.786. The lowest BCUT2D eigenvalue weighted by Gasteiger charge is -2.15. The van der Waals surface area contributed by atoms with Crippen LogP contribution in [0.15, 0.2) is 59.5 Å². The minimum absolute atomic E-state index is 0.169. The highest BCUT2D eigenvalue weighted by atomic mass is 32.2. The highest BCUT2D eigenvalue weighted by Crippen LogP contribution is 2.21. The number of sulfonamides is 1. The first-order valence-corrected chi connectivity index (χ1v) is 10.1. The van der Waals surface area contributed by atoms with Gasteiger partial charge in [0.05, 0.1) is 11.4 Å². The summed E-state index contributed by atoms with van der Waals surface area (Å²) in [4.78, 5) is 24.2. The van der Waals surface area contributed by atoms with E-state index in [-0.39, 0.29) is 17.3 Å². The summed E-state index contributed by atoms with van der Waals surface area (Å²) in [6.45, 7) is 0.879. The number of nitrogens with one attached hydrogen (secondary N) is 2. The lowest BCUT2D eigenvalue weighted by atomic mass is 10.2. The van der Waals surface area contributed by atoms with Gasteiger partial charge >= 0.3 is 0 Å². The number of hydrogen-bond acceptors (Lipinski definition) is 4. The monoisotopic (exact) mass is 387 g/mol. The molecule has 1 heterocycles. The molecule has 1 fully saturated rings.